The maximum Gasteiger partial charge on any atom is 0.341 e. The van der Waals surface area contributed by atoms with E-state index in [9.17, 15) is 9.59 Å². The number of benzene rings is 1. The summed E-state index contributed by atoms with van der Waals surface area (Å²) in [5, 5.41) is 12.7. The number of fused-ring (bicyclic) bond motifs is 1. The van der Waals surface area contributed by atoms with Gasteiger partial charge in [0.25, 0.3) is 0 Å². The van der Waals surface area contributed by atoms with Crippen molar-refractivity contribution in [2.24, 2.45) is 5.92 Å². The molecule has 2 aromatic heterocycles. The first-order valence-corrected chi connectivity index (χ1v) is 14.5. The van der Waals surface area contributed by atoms with Gasteiger partial charge in [-0.15, -0.1) is 28.1 Å². The van der Waals surface area contributed by atoms with Crippen molar-refractivity contribution < 1.29 is 19.1 Å². The van der Waals surface area contributed by atoms with E-state index in [2.05, 4.69) is 55.0 Å². The molecule has 1 aliphatic rings. The summed E-state index contributed by atoms with van der Waals surface area (Å²) in [5.41, 5.74) is 2.76. The smallest absolute Gasteiger partial charge is 0.341 e. The van der Waals surface area contributed by atoms with Gasteiger partial charge in [0.2, 0.25) is 5.91 Å². The zero-order valence-electron chi connectivity index (χ0n) is 22.3. The van der Waals surface area contributed by atoms with E-state index < -0.39 is 5.97 Å². The first kappa shape index (κ1) is 27.9. The van der Waals surface area contributed by atoms with Gasteiger partial charge >= 0.3 is 5.97 Å². The zero-order chi connectivity index (χ0) is 27.2. The quantitative estimate of drug-likeness (QED) is 0.180. The molecule has 0 spiro atoms. The number of thioether (sulfide) groups is 1. The number of hydrogen-bond donors (Lipinski definition) is 1. The number of nitrogens with zero attached hydrogens (tertiary/aromatic N) is 3. The minimum atomic E-state index is -0.408. The van der Waals surface area contributed by atoms with Gasteiger partial charge in [0.1, 0.15) is 17.4 Å². The fourth-order valence-corrected chi connectivity index (χ4v) is 6.57. The fourth-order valence-electron chi connectivity index (χ4n) is 4.39. The van der Waals surface area contributed by atoms with Gasteiger partial charge in [-0.3, -0.25) is 9.36 Å². The van der Waals surface area contributed by atoms with Crippen molar-refractivity contribution in [3.8, 4) is 5.75 Å². The lowest BCUT2D eigenvalue weighted by atomic mass is 9.88. The van der Waals surface area contributed by atoms with Crippen LogP contribution in [0, 0.1) is 5.92 Å². The van der Waals surface area contributed by atoms with Crippen molar-refractivity contribution >= 4 is 40.0 Å². The number of nitrogens with one attached hydrogen (secondary N) is 1. The Kier molecular flexibility index (Phi) is 9.27. The maximum atomic E-state index is 12.9. The highest BCUT2D eigenvalue weighted by Crippen LogP contribution is 2.40. The van der Waals surface area contributed by atoms with Gasteiger partial charge < -0.3 is 14.8 Å². The molecule has 1 amide bonds. The second-order valence-corrected chi connectivity index (χ2v) is 11.7. The fraction of sp³-hybridized carbons (Fsp3) is 0.429. The van der Waals surface area contributed by atoms with Crippen molar-refractivity contribution in [2.45, 2.75) is 64.3 Å². The molecule has 0 saturated heterocycles. The molecular weight excluding hydrogens is 520 g/mol. The van der Waals surface area contributed by atoms with E-state index in [1.807, 2.05) is 16.7 Å². The largest absolute Gasteiger partial charge is 0.486 e. The lowest BCUT2D eigenvalue weighted by molar-refractivity contribution is -0.113. The van der Waals surface area contributed by atoms with Crippen molar-refractivity contribution in [1.29, 1.82) is 0 Å². The number of thiophene rings is 1. The predicted octanol–water partition coefficient (Wildman–Crippen LogP) is 5.87. The van der Waals surface area contributed by atoms with E-state index in [0.29, 0.717) is 39.9 Å². The Hall–Kier alpha value is -3.11. The molecule has 1 atom stereocenters. The Bertz CT molecular complexity index is 1300. The molecule has 0 fully saturated rings. The number of carbonyl (C=O) groups excluding carboxylic acids is 2. The van der Waals surface area contributed by atoms with Gasteiger partial charge in [0, 0.05) is 11.4 Å². The number of allylic oxidation sites excluding steroid dienone is 1. The summed E-state index contributed by atoms with van der Waals surface area (Å²) in [4.78, 5) is 26.6. The summed E-state index contributed by atoms with van der Waals surface area (Å²) in [6.07, 6.45) is 4.50. The molecule has 0 saturated carbocycles. The van der Waals surface area contributed by atoms with E-state index in [4.69, 9.17) is 9.47 Å². The third-order valence-electron chi connectivity index (χ3n) is 6.51. The summed E-state index contributed by atoms with van der Waals surface area (Å²) in [5.74, 6) is 1.90. The third-order valence-corrected chi connectivity index (χ3v) is 8.64. The monoisotopic (exact) mass is 554 g/mol. The second kappa shape index (κ2) is 12.6. The highest BCUT2D eigenvalue weighted by molar-refractivity contribution is 7.99. The number of amides is 1. The number of aromatic nitrogens is 3. The van der Waals surface area contributed by atoms with Gasteiger partial charge in [0.05, 0.1) is 18.4 Å². The third kappa shape index (κ3) is 6.47. The Morgan fingerprint density at radius 2 is 2.05 bits per heavy atom. The van der Waals surface area contributed by atoms with Crippen LogP contribution >= 0.6 is 23.1 Å². The molecule has 1 aliphatic carbocycles. The van der Waals surface area contributed by atoms with Gasteiger partial charge in [0.15, 0.2) is 11.0 Å². The Labute approximate surface area is 231 Å². The molecule has 1 aromatic carbocycles. The molecule has 10 heteroatoms. The average Bonchev–Trinajstić information content (AvgIpc) is 3.45. The number of hydrogen-bond acceptors (Lipinski definition) is 8. The normalized spacial score (nSPS) is 14.7. The summed E-state index contributed by atoms with van der Waals surface area (Å²) in [7, 11) is 1.37. The van der Waals surface area contributed by atoms with E-state index >= 15 is 0 Å². The van der Waals surface area contributed by atoms with Crippen molar-refractivity contribution in [2.75, 3.05) is 18.2 Å². The minimum Gasteiger partial charge on any atom is -0.486 e. The highest BCUT2D eigenvalue weighted by Gasteiger charge is 2.29. The summed E-state index contributed by atoms with van der Waals surface area (Å²) < 4.78 is 12.8. The van der Waals surface area contributed by atoms with Crippen LogP contribution in [0.5, 0.6) is 5.75 Å². The first-order valence-electron chi connectivity index (χ1n) is 12.7. The van der Waals surface area contributed by atoms with Gasteiger partial charge in [-0.05, 0) is 54.4 Å². The summed E-state index contributed by atoms with van der Waals surface area (Å²) >= 11 is 2.76. The summed E-state index contributed by atoms with van der Waals surface area (Å²) in [6.45, 7) is 11.1. The van der Waals surface area contributed by atoms with Crippen LogP contribution in [0.1, 0.15) is 65.3 Å². The van der Waals surface area contributed by atoms with E-state index in [1.165, 1.54) is 35.8 Å². The zero-order valence-corrected chi connectivity index (χ0v) is 23.9. The number of anilines is 1. The number of ether oxygens (including phenoxy) is 2. The average molecular weight is 555 g/mol. The molecule has 202 valence electrons. The molecule has 8 nitrogen and oxygen atoms in total. The Morgan fingerprint density at radius 1 is 1.29 bits per heavy atom. The van der Waals surface area contributed by atoms with Crippen molar-refractivity contribution in [3.63, 3.8) is 0 Å². The molecule has 2 heterocycles. The van der Waals surface area contributed by atoms with Crippen molar-refractivity contribution in [1.82, 2.24) is 14.8 Å². The van der Waals surface area contributed by atoms with Gasteiger partial charge in [-0.1, -0.05) is 50.7 Å². The SMILES string of the molecule is C=CCn1c(COc2ccc(C(C)C)cc2)nnc1SCC(=O)Nc1sc2c(c1C(=O)OC)CCC(C)C2. The standard InChI is InChI=1S/C28H34N4O4S2/c1-6-13-32-23(15-36-20-10-8-19(9-11-20)17(2)3)30-31-28(32)37-16-24(33)29-26-25(27(34)35-5)21-12-7-18(4)14-22(21)38-26/h6,8-11,17-18H,1,7,12-16H2,2-5H3,(H,29,33). The molecule has 3 aromatic rings. The predicted molar refractivity (Wildman–Crippen MR) is 151 cm³/mol. The van der Waals surface area contributed by atoms with Crippen LogP contribution in [0.3, 0.4) is 0 Å². The molecule has 38 heavy (non-hydrogen) atoms. The van der Waals surface area contributed by atoms with Crippen LogP contribution < -0.4 is 10.1 Å². The Morgan fingerprint density at radius 3 is 2.74 bits per heavy atom. The van der Waals surface area contributed by atoms with Crippen LogP contribution in [-0.4, -0.2) is 39.5 Å². The number of methoxy groups -OCH3 is 1. The molecule has 0 radical (unpaired) electrons. The van der Waals surface area contributed by atoms with Crippen molar-refractivity contribution in [3.05, 3.63) is 64.3 Å². The molecule has 1 unspecified atom stereocenters. The highest BCUT2D eigenvalue weighted by atomic mass is 32.2. The van der Waals surface area contributed by atoms with E-state index in [0.717, 1.165) is 35.5 Å². The second-order valence-electron chi connectivity index (χ2n) is 9.69. The van der Waals surface area contributed by atoms with Crippen LogP contribution in [0.15, 0.2) is 42.1 Å². The van der Waals surface area contributed by atoms with Crippen LogP contribution in [-0.2, 0) is 35.5 Å². The number of rotatable bonds is 11. The van der Waals surface area contributed by atoms with Crippen LogP contribution in [0.4, 0.5) is 5.00 Å². The topological polar surface area (TPSA) is 95.3 Å². The lowest BCUT2D eigenvalue weighted by Gasteiger charge is -2.18. The summed E-state index contributed by atoms with van der Waals surface area (Å²) in [6, 6.07) is 8.03. The number of esters is 1. The van der Waals surface area contributed by atoms with Gasteiger partial charge in [-0.2, -0.15) is 0 Å². The Balaban J connectivity index is 1.41. The molecule has 4 rings (SSSR count). The first-order chi connectivity index (χ1) is 18.3. The van der Waals surface area contributed by atoms with E-state index in [-0.39, 0.29) is 18.3 Å². The van der Waals surface area contributed by atoms with Gasteiger partial charge in [-0.25, -0.2) is 4.79 Å². The molecule has 0 aliphatic heterocycles. The number of carbonyl (C=O) groups is 2. The lowest BCUT2D eigenvalue weighted by Crippen LogP contribution is -2.17. The molecule has 1 N–H and O–H groups in total. The van der Waals surface area contributed by atoms with Crippen LogP contribution in [0.2, 0.25) is 0 Å². The molecular formula is C28H34N4O4S2. The maximum absolute atomic E-state index is 12.9. The molecule has 0 bridgehead atoms. The minimum absolute atomic E-state index is 0.117. The van der Waals surface area contributed by atoms with E-state index in [1.54, 1.807) is 6.08 Å². The van der Waals surface area contributed by atoms with Crippen LogP contribution in [0.25, 0.3) is 0 Å².